The van der Waals surface area contributed by atoms with Crippen LogP contribution in [0.1, 0.15) is 27.9 Å². The van der Waals surface area contributed by atoms with E-state index in [1.54, 1.807) is 14.0 Å². The molecule has 1 aromatic rings. The Labute approximate surface area is 111 Å². The van der Waals surface area contributed by atoms with E-state index >= 15 is 0 Å². The topological polar surface area (TPSA) is 49.8 Å². The monoisotopic (exact) mass is 269 g/mol. The molecule has 1 aliphatic heterocycles. The van der Waals surface area contributed by atoms with Crippen LogP contribution >= 0.6 is 11.3 Å². The number of rotatable bonds is 3. The minimum absolute atomic E-state index is 0.0214. The Hall–Kier alpha value is -1.07. The molecular formula is C13H19NO3S. The predicted octanol–water partition coefficient (Wildman–Crippen LogP) is 1.91. The zero-order valence-electron chi connectivity index (χ0n) is 11.0. The van der Waals surface area contributed by atoms with Gasteiger partial charge >= 0.3 is 0 Å². The number of aliphatic hydroxyl groups excluding tert-OH is 1. The highest BCUT2D eigenvalue weighted by Gasteiger charge is 2.31. The summed E-state index contributed by atoms with van der Waals surface area (Å²) < 4.78 is 5.23. The van der Waals surface area contributed by atoms with Crippen molar-refractivity contribution in [1.82, 2.24) is 4.90 Å². The molecule has 1 amide bonds. The maximum Gasteiger partial charge on any atom is 0.267 e. The number of ether oxygens (including phenoxy) is 1. The number of methoxy groups -OCH3 is 1. The second kappa shape index (κ2) is 5.28. The molecule has 4 nitrogen and oxygen atoms in total. The molecule has 0 spiro atoms. The molecule has 18 heavy (non-hydrogen) atoms. The van der Waals surface area contributed by atoms with Crippen molar-refractivity contribution >= 4 is 17.2 Å². The van der Waals surface area contributed by atoms with Crippen LogP contribution in [-0.2, 0) is 0 Å². The summed E-state index contributed by atoms with van der Waals surface area (Å²) in [5.41, 5.74) is 0. The minimum Gasteiger partial charge on any atom is -0.495 e. The first-order valence-corrected chi connectivity index (χ1v) is 6.96. The van der Waals surface area contributed by atoms with Crippen LogP contribution in [0.25, 0.3) is 0 Å². The van der Waals surface area contributed by atoms with Gasteiger partial charge in [0.1, 0.15) is 10.6 Å². The highest BCUT2D eigenvalue weighted by molar-refractivity contribution is 7.14. The maximum atomic E-state index is 12.4. The molecule has 1 fully saturated rings. The van der Waals surface area contributed by atoms with Gasteiger partial charge < -0.3 is 14.7 Å². The number of amides is 1. The maximum absolute atomic E-state index is 12.4. The van der Waals surface area contributed by atoms with Gasteiger partial charge in [0.25, 0.3) is 5.91 Å². The lowest BCUT2D eigenvalue weighted by Gasteiger charge is -2.17. The van der Waals surface area contributed by atoms with Crippen molar-refractivity contribution in [2.45, 2.75) is 26.4 Å². The summed E-state index contributed by atoms with van der Waals surface area (Å²) in [6.07, 6.45) is 0.519. The summed E-state index contributed by atoms with van der Waals surface area (Å²) >= 11 is 1.46. The first-order valence-electron chi connectivity index (χ1n) is 6.14. The molecule has 1 saturated heterocycles. The zero-order valence-corrected chi connectivity index (χ0v) is 11.8. The second-order valence-corrected chi connectivity index (χ2v) is 6.05. The number of likely N-dealkylation sites (tertiary alicyclic amines) is 1. The van der Waals surface area contributed by atoms with Crippen LogP contribution in [0.15, 0.2) is 6.07 Å². The Bertz CT molecular complexity index is 441. The van der Waals surface area contributed by atoms with Gasteiger partial charge in [-0.3, -0.25) is 4.79 Å². The lowest BCUT2D eigenvalue weighted by molar-refractivity contribution is 0.0764. The first-order chi connectivity index (χ1) is 8.52. The van der Waals surface area contributed by atoms with Crippen LogP contribution in [-0.4, -0.2) is 42.2 Å². The predicted molar refractivity (Wildman–Crippen MR) is 71.3 cm³/mol. The van der Waals surface area contributed by atoms with Gasteiger partial charge in [-0.2, -0.15) is 0 Å². The van der Waals surface area contributed by atoms with Crippen LogP contribution in [0, 0.1) is 12.8 Å². The smallest absolute Gasteiger partial charge is 0.267 e. The third kappa shape index (κ3) is 2.52. The molecule has 2 atom stereocenters. The largest absolute Gasteiger partial charge is 0.495 e. The molecule has 1 N–H and O–H groups in total. The van der Waals surface area contributed by atoms with Crippen LogP contribution in [0.2, 0.25) is 0 Å². The summed E-state index contributed by atoms with van der Waals surface area (Å²) in [4.78, 5) is 15.9. The van der Waals surface area contributed by atoms with Gasteiger partial charge in [-0.1, -0.05) is 0 Å². The van der Waals surface area contributed by atoms with Gasteiger partial charge in [-0.05, 0) is 26.3 Å². The quantitative estimate of drug-likeness (QED) is 0.912. The van der Waals surface area contributed by atoms with Crippen LogP contribution < -0.4 is 4.74 Å². The van der Waals surface area contributed by atoms with Crippen molar-refractivity contribution in [1.29, 1.82) is 0 Å². The summed E-state index contributed by atoms with van der Waals surface area (Å²) in [5, 5.41) is 9.57. The second-order valence-electron chi connectivity index (χ2n) is 4.80. The fraction of sp³-hybridized carbons (Fsp3) is 0.615. The van der Waals surface area contributed by atoms with Gasteiger partial charge in [0.2, 0.25) is 0 Å². The van der Waals surface area contributed by atoms with Crippen molar-refractivity contribution < 1.29 is 14.6 Å². The Kier molecular flexibility index (Phi) is 3.92. The van der Waals surface area contributed by atoms with E-state index in [1.165, 1.54) is 11.3 Å². The number of aryl methyl sites for hydroxylation is 1. The third-order valence-electron chi connectivity index (χ3n) is 3.43. The van der Waals surface area contributed by atoms with Gasteiger partial charge in [0.15, 0.2) is 0 Å². The van der Waals surface area contributed by atoms with E-state index in [2.05, 4.69) is 0 Å². The molecule has 0 aliphatic carbocycles. The minimum atomic E-state index is -0.352. The summed E-state index contributed by atoms with van der Waals surface area (Å²) in [6.45, 7) is 5.10. The zero-order chi connectivity index (χ0) is 13.3. The van der Waals surface area contributed by atoms with Crippen LogP contribution in [0.4, 0.5) is 0 Å². The van der Waals surface area contributed by atoms with Crippen LogP contribution in [0.3, 0.4) is 0 Å². The Balaban J connectivity index is 2.12. The molecule has 0 bridgehead atoms. The molecule has 2 unspecified atom stereocenters. The number of hydrogen-bond acceptors (Lipinski definition) is 4. The number of thiophene rings is 1. The number of hydrogen-bond donors (Lipinski definition) is 1. The number of aliphatic hydroxyl groups is 1. The lowest BCUT2D eigenvalue weighted by Crippen LogP contribution is -2.30. The highest BCUT2D eigenvalue weighted by Crippen LogP contribution is 2.31. The Morgan fingerprint density at radius 1 is 1.67 bits per heavy atom. The van der Waals surface area contributed by atoms with Crippen molar-refractivity contribution in [3.63, 3.8) is 0 Å². The van der Waals surface area contributed by atoms with E-state index in [1.807, 2.05) is 17.9 Å². The van der Waals surface area contributed by atoms with Gasteiger partial charge in [-0.25, -0.2) is 0 Å². The van der Waals surface area contributed by atoms with E-state index in [0.29, 0.717) is 23.7 Å². The number of nitrogens with zero attached hydrogens (tertiary/aromatic N) is 1. The van der Waals surface area contributed by atoms with Crippen LogP contribution in [0.5, 0.6) is 5.75 Å². The molecule has 100 valence electrons. The standard InChI is InChI=1S/C13H19NO3S/c1-8-6-11(17-3)12(18-8)13(16)14-5-4-10(7-14)9(2)15/h6,9-10,15H,4-5,7H2,1-3H3. The average molecular weight is 269 g/mol. The molecule has 0 aromatic carbocycles. The molecule has 2 rings (SSSR count). The Morgan fingerprint density at radius 2 is 2.39 bits per heavy atom. The fourth-order valence-corrected chi connectivity index (χ4v) is 3.25. The highest BCUT2D eigenvalue weighted by atomic mass is 32.1. The van der Waals surface area contributed by atoms with Crippen molar-refractivity contribution in [3.8, 4) is 5.75 Å². The molecule has 5 heteroatoms. The van der Waals surface area contributed by atoms with E-state index in [9.17, 15) is 9.90 Å². The van der Waals surface area contributed by atoms with E-state index in [0.717, 1.165) is 11.3 Å². The van der Waals surface area contributed by atoms with E-state index < -0.39 is 0 Å². The fourth-order valence-electron chi connectivity index (χ4n) is 2.30. The molecule has 1 aromatic heterocycles. The molecular weight excluding hydrogens is 250 g/mol. The van der Waals surface area contributed by atoms with Gasteiger partial charge in [0.05, 0.1) is 13.2 Å². The number of carbonyl (C=O) groups excluding carboxylic acids is 1. The number of carbonyl (C=O) groups is 1. The van der Waals surface area contributed by atoms with Gasteiger partial charge in [0, 0.05) is 23.9 Å². The molecule has 0 saturated carbocycles. The lowest BCUT2D eigenvalue weighted by atomic mass is 10.0. The van der Waals surface area contributed by atoms with Crippen molar-refractivity contribution in [3.05, 3.63) is 15.8 Å². The average Bonchev–Trinajstić information content (AvgIpc) is 2.94. The first kappa shape index (κ1) is 13.4. The molecule has 1 aliphatic rings. The SMILES string of the molecule is COc1cc(C)sc1C(=O)N1CCC(C(C)O)C1. The van der Waals surface area contributed by atoms with Crippen molar-refractivity contribution in [2.24, 2.45) is 5.92 Å². The van der Waals surface area contributed by atoms with Gasteiger partial charge in [-0.15, -0.1) is 11.3 Å². The van der Waals surface area contributed by atoms with E-state index in [-0.39, 0.29) is 17.9 Å². The summed E-state index contributed by atoms with van der Waals surface area (Å²) in [6, 6.07) is 1.89. The molecule has 0 radical (unpaired) electrons. The molecule has 2 heterocycles. The normalized spacial score (nSPS) is 21.1. The third-order valence-corrected chi connectivity index (χ3v) is 4.45. The summed E-state index contributed by atoms with van der Waals surface area (Å²) in [7, 11) is 1.58. The van der Waals surface area contributed by atoms with Crippen molar-refractivity contribution in [2.75, 3.05) is 20.2 Å². The van der Waals surface area contributed by atoms with E-state index in [4.69, 9.17) is 4.74 Å². The Morgan fingerprint density at radius 3 is 2.94 bits per heavy atom. The summed E-state index contributed by atoms with van der Waals surface area (Å²) in [5.74, 6) is 0.872.